The number of aromatic nitrogens is 2. The topological polar surface area (TPSA) is 54.7 Å². The third-order valence-corrected chi connectivity index (χ3v) is 4.80. The summed E-state index contributed by atoms with van der Waals surface area (Å²) in [5, 5.41) is 3.26. The van der Waals surface area contributed by atoms with Gasteiger partial charge in [-0.15, -0.1) is 24.0 Å². The van der Waals surface area contributed by atoms with Gasteiger partial charge < -0.3 is 15.0 Å². The predicted molar refractivity (Wildman–Crippen MR) is 120 cm³/mol. The summed E-state index contributed by atoms with van der Waals surface area (Å²) in [5.74, 6) is 0.925. The Kier molecular flexibility index (Phi) is 8.81. The summed E-state index contributed by atoms with van der Waals surface area (Å²) in [4.78, 5) is 10.7. The summed E-state index contributed by atoms with van der Waals surface area (Å²) in [6.45, 7) is 6.23. The lowest BCUT2D eigenvalue weighted by atomic mass is 10.00. The fourth-order valence-electron chi connectivity index (χ4n) is 3.43. The van der Waals surface area contributed by atoms with E-state index in [1.807, 2.05) is 6.92 Å². The first-order valence-electron chi connectivity index (χ1n) is 9.51. The van der Waals surface area contributed by atoms with Crippen molar-refractivity contribution in [3.63, 3.8) is 0 Å². The second kappa shape index (κ2) is 10.9. The van der Waals surface area contributed by atoms with Crippen LogP contribution < -0.4 is 5.32 Å². The van der Waals surface area contributed by atoms with Crippen LogP contribution in [0.5, 0.6) is 0 Å². The zero-order valence-corrected chi connectivity index (χ0v) is 19.3. The second-order valence-corrected chi connectivity index (χ2v) is 6.86. The standard InChI is InChI=1S/C20H27F2N5O.HI/c1-4-23-20(25-12-18-24-7-8-27(18)19(21)22)26-9-10-28-17(13-26)16-6-5-14(2)11-15(16)3;/h5-8,11,17,19H,4,9-10,12-13H2,1-3H3,(H,23,25);1H. The summed E-state index contributed by atoms with van der Waals surface area (Å²) >= 11 is 0. The lowest BCUT2D eigenvalue weighted by Crippen LogP contribution is -2.48. The predicted octanol–water partition coefficient (Wildman–Crippen LogP) is 4.05. The van der Waals surface area contributed by atoms with E-state index < -0.39 is 6.55 Å². The molecule has 0 spiro atoms. The first kappa shape index (κ1) is 23.5. The summed E-state index contributed by atoms with van der Waals surface area (Å²) in [6, 6.07) is 6.36. The molecule has 160 valence electrons. The molecule has 1 aromatic carbocycles. The minimum absolute atomic E-state index is 0. The molecule has 2 heterocycles. The fraction of sp³-hybridized carbons (Fsp3) is 0.500. The van der Waals surface area contributed by atoms with Crippen molar-refractivity contribution in [3.05, 3.63) is 53.1 Å². The van der Waals surface area contributed by atoms with E-state index in [1.165, 1.54) is 29.1 Å². The summed E-state index contributed by atoms with van der Waals surface area (Å²) in [5.41, 5.74) is 3.59. The lowest BCUT2D eigenvalue weighted by Gasteiger charge is -2.36. The van der Waals surface area contributed by atoms with Gasteiger partial charge >= 0.3 is 6.55 Å². The van der Waals surface area contributed by atoms with Gasteiger partial charge in [0.2, 0.25) is 0 Å². The average molecular weight is 519 g/mol. The van der Waals surface area contributed by atoms with E-state index in [0.29, 0.717) is 32.2 Å². The number of aliphatic imine (C=N–C) groups is 1. The first-order chi connectivity index (χ1) is 13.5. The highest BCUT2D eigenvalue weighted by atomic mass is 127. The van der Waals surface area contributed by atoms with E-state index in [4.69, 9.17) is 4.74 Å². The molecule has 2 aromatic rings. The smallest absolute Gasteiger partial charge is 0.319 e. The van der Waals surface area contributed by atoms with Gasteiger partial charge in [-0.05, 0) is 31.9 Å². The Bertz CT molecular complexity index is 827. The molecule has 1 aliphatic heterocycles. The molecule has 3 rings (SSSR count). The molecular weight excluding hydrogens is 491 g/mol. The number of nitrogens with zero attached hydrogens (tertiary/aromatic N) is 4. The molecule has 1 N–H and O–H groups in total. The van der Waals surface area contributed by atoms with Gasteiger partial charge in [-0.25, -0.2) is 9.98 Å². The number of ether oxygens (including phenoxy) is 1. The van der Waals surface area contributed by atoms with Crippen LogP contribution in [0.1, 0.15) is 42.1 Å². The Hall–Kier alpha value is -1.75. The van der Waals surface area contributed by atoms with Gasteiger partial charge in [0.1, 0.15) is 18.5 Å². The van der Waals surface area contributed by atoms with Gasteiger partial charge in [0.05, 0.1) is 13.2 Å². The molecule has 1 atom stereocenters. The lowest BCUT2D eigenvalue weighted by molar-refractivity contribution is -0.00835. The molecular formula is C20H28F2IN5O. The van der Waals surface area contributed by atoms with Crippen LogP contribution in [0, 0.1) is 13.8 Å². The van der Waals surface area contributed by atoms with Crippen molar-refractivity contribution in [2.75, 3.05) is 26.2 Å². The Morgan fingerprint density at radius 3 is 2.86 bits per heavy atom. The number of hydrogen-bond acceptors (Lipinski definition) is 3. The number of rotatable bonds is 5. The number of benzene rings is 1. The minimum atomic E-state index is -2.62. The number of nitrogens with one attached hydrogen (secondary N) is 1. The Labute approximate surface area is 187 Å². The van der Waals surface area contributed by atoms with Gasteiger partial charge in [0.25, 0.3) is 0 Å². The number of aryl methyl sites for hydroxylation is 2. The highest BCUT2D eigenvalue weighted by Gasteiger charge is 2.25. The van der Waals surface area contributed by atoms with Gasteiger partial charge in [-0.2, -0.15) is 8.78 Å². The molecule has 1 fully saturated rings. The van der Waals surface area contributed by atoms with E-state index in [1.54, 1.807) is 0 Å². The minimum Gasteiger partial charge on any atom is -0.370 e. The summed E-state index contributed by atoms with van der Waals surface area (Å²) < 4.78 is 32.9. The molecule has 6 nitrogen and oxygen atoms in total. The van der Waals surface area contributed by atoms with Crippen LogP contribution in [0.25, 0.3) is 0 Å². The van der Waals surface area contributed by atoms with Crippen LogP contribution in [-0.2, 0) is 11.3 Å². The molecule has 9 heteroatoms. The Morgan fingerprint density at radius 2 is 2.17 bits per heavy atom. The van der Waals surface area contributed by atoms with Crippen molar-refractivity contribution in [1.82, 2.24) is 19.8 Å². The van der Waals surface area contributed by atoms with Crippen molar-refractivity contribution in [2.24, 2.45) is 4.99 Å². The molecule has 0 amide bonds. The Balaban J connectivity index is 0.00000300. The normalized spacial score (nSPS) is 17.4. The summed E-state index contributed by atoms with van der Waals surface area (Å²) in [7, 11) is 0. The number of imidazole rings is 1. The van der Waals surface area contributed by atoms with Gasteiger partial charge in [0.15, 0.2) is 5.96 Å². The maximum atomic E-state index is 13.0. The quantitative estimate of drug-likeness (QED) is 0.368. The van der Waals surface area contributed by atoms with Crippen molar-refractivity contribution < 1.29 is 13.5 Å². The highest BCUT2D eigenvalue weighted by Crippen LogP contribution is 2.26. The Morgan fingerprint density at radius 1 is 1.38 bits per heavy atom. The zero-order valence-electron chi connectivity index (χ0n) is 16.9. The molecule has 0 radical (unpaired) electrons. The summed E-state index contributed by atoms with van der Waals surface area (Å²) in [6.07, 6.45) is 2.59. The molecule has 29 heavy (non-hydrogen) atoms. The van der Waals surface area contributed by atoms with E-state index in [0.717, 1.165) is 4.57 Å². The van der Waals surface area contributed by atoms with Crippen LogP contribution in [0.15, 0.2) is 35.6 Å². The van der Waals surface area contributed by atoms with E-state index >= 15 is 0 Å². The maximum absolute atomic E-state index is 13.0. The fourth-order valence-corrected chi connectivity index (χ4v) is 3.43. The molecule has 1 aromatic heterocycles. The van der Waals surface area contributed by atoms with Crippen molar-refractivity contribution in [1.29, 1.82) is 0 Å². The average Bonchev–Trinajstić information content (AvgIpc) is 3.14. The number of halogens is 3. The molecule has 0 aliphatic carbocycles. The molecule has 0 bridgehead atoms. The SMILES string of the molecule is CCNC(=NCc1nccn1C(F)F)N1CCOC(c2ccc(C)cc2C)C1.I. The highest BCUT2D eigenvalue weighted by molar-refractivity contribution is 14.0. The van der Waals surface area contributed by atoms with E-state index in [-0.39, 0.29) is 42.4 Å². The van der Waals surface area contributed by atoms with Crippen molar-refractivity contribution in [2.45, 2.75) is 40.0 Å². The van der Waals surface area contributed by atoms with Crippen LogP contribution in [0.3, 0.4) is 0 Å². The third kappa shape index (κ3) is 5.88. The molecule has 1 aliphatic rings. The van der Waals surface area contributed by atoms with Crippen molar-refractivity contribution in [3.8, 4) is 0 Å². The molecule has 0 saturated carbocycles. The monoisotopic (exact) mass is 519 g/mol. The maximum Gasteiger partial charge on any atom is 0.319 e. The second-order valence-electron chi connectivity index (χ2n) is 6.86. The van der Waals surface area contributed by atoms with E-state index in [2.05, 4.69) is 52.2 Å². The van der Waals surface area contributed by atoms with Crippen molar-refractivity contribution >= 4 is 29.9 Å². The number of morpholine rings is 1. The number of guanidine groups is 1. The van der Waals surface area contributed by atoms with Gasteiger partial charge in [-0.3, -0.25) is 4.57 Å². The number of hydrogen-bond donors (Lipinski definition) is 1. The third-order valence-electron chi connectivity index (χ3n) is 4.80. The van der Waals surface area contributed by atoms with Gasteiger partial charge in [-0.1, -0.05) is 23.8 Å². The van der Waals surface area contributed by atoms with E-state index in [9.17, 15) is 8.78 Å². The zero-order chi connectivity index (χ0) is 20.1. The van der Waals surface area contributed by atoms with Crippen LogP contribution >= 0.6 is 24.0 Å². The van der Waals surface area contributed by atoms with Crippen LogP contribution in [-0.4, -0.2) is 46.7 Å². The first-order valence-corrected chi connectivity index (χ1v) is 9.51. The van der Waals surface area contributed by atoms with Crippen LogP contribution in [0.2, 0.25) is 0 Å². The van der Waals surface area contributed by atoms with Crippen LogP contribution in [0.4, 0.5) is 8.78 Å². The molecule has 1 saturated heterocycles. The van der Waals surface area contributed by atoms with Gasteiger partial charge in [0, 0.05) is 25.5 Å². The number of alkyl halides is 2. The molecule has 1 unspecified atom stereocenters. The largest absolute Gasteiger partial charge is 0.370 e.